The van der Waals surface area contributed by atoms with Crippen LogP contribution in [-0.4, -0.2) is 77.6 Å². The van der Waals surface area contributed by atoms with E-state index in [1.54, 1.807) is 0 Å². The molecular weight excluding hydrogens is 296 g/mol. The third-order valence-corrected chi connectivity index (χ3v) is 5.42. The number of β-amino-alcohol motifs (C(OH)–C–C–N with tert-alkyl or cyclic N) is 1. The highest BCUT2D eigenvalue weighted by Crippen LogP contribution is 2.21. The third-order valence-electron chi connectivity index (χ3n) is 3.46. The fraction of sp³-hybridized carbons (Fsp3) is 0.583. The van der Waals surface area contributed by atoms with Gasteiger partial charge in [-0.3, -0.25) is 9.78 Å². The molecule has 1 fully saturated rings. The minimum Gasteiger partial charge on any atom is -0.391 e. The Morgan fingerprint density at radius 1 is 1.43 bits per heavy atom. The van der Waals surface area contributed by atoms with Crippen molar-refractivity contribution in [1.29, 1.82) is 0 Å². The lowest BCUT2D eigenvalue weighted by atomic mass is 10.1. The standard InChI is InChI=1S/C12H18N4O4S/c1-15(2)21(19,20)8-9-6-16(7-11(9)17)12(18)10-5-13-3-4-14-10/h3-5,9,11,17H,6-8H2,1-2H3/t9-,11-/m0/s1. The molecule has 0 radical (unpaired) electrons. The largest absolute Gasteiger partial charge is 0.391 e. The number of amides is 1. The van der Waals surface area contributed by atoms with Gasteiger partial charge < -0.3 is 10.0 Å². The maximum absolute atomic E-state index is 12.2. The van der Waals surface area contributed by atoms with E-state index < -0.39 is 22.0 Å². The van der Waals surface area contributed by atoms with E-state index in [-0.39, 0.29) is 30.4 Å². The van der Waals surface area contributed by atoms with E-state index in [9.17, 15) is 18.3 Å². The van der Waals surface area contributed by atoms with E-state index in [0.29, 0.717) is 0 Å². The molecule has 2 rings (SSSR count). The molecule has 1 aliphatic heterocycles. The summed E-state index contributed by atoms with van der Waals surface area (Å²) in [4.78, 5) is 21.3. The first-order valence-electron chi connectivity index (χ1n) is 6.45. The Bertz CT molecular complexity index is 605. The monoisotopic (exact) mass is 314 g/mol. The van der Waals surface area contributed by atoms with Gasteiger partial charge in [0.15, 0.2) is 0 Å². The summed E-state index contributed by atoms with van der Waals surface area (Å²) in [7, 11) is -0.534. The van der Waals surface area contributed by atoms with E-state index in [0.717, 1.165) is 4.31 Å². The first-order valence-corrected chi connectivity index (χ1v) is 8.05. The van der Waals surface area contributed by atoms with Crippen LogP contribution in [-0.2, 0) is 10.0 Å². The Morgan fingerprint density at radius 3 is 2.71 bits per heavy atom. The molecule has 0 spiro atoms. The Kier molecular flexibility index (Phi) is 4.55. The summed E-state index contributed by atoms with van der Waals surface area (Å²) in [6, 6.07) is 0. The van der Waals surface area contributed by atoms with Crippen LogP contribution in [0.4, 0.5) is 0 Å². The summed E-state index contributed by atoms with van der Waals surface area (Å²) in [5, 5.41) is 9.99. The first-order chi connectivity index (χ1) is 9.81. The van der Waals surface area contributed by atoms with E-state index in [1.807, 2.05) is 0 Å². The zero-order chi connectivity index (χ0) is 15.6. The number of aromatic nitrogens is 2. The maximum atomic E-state index is 12.2. The lowest BCUT2D eigenvalue weighted by molar-refractivity contribution is 0.0758. The fourth-order valence-electron chi connectivity index (χ4n) is 2.17. The lowest BCUT2D eigenvalue weighted by Crippen LogP contribution is -2.33. The van der Waals surface area contributed by atoms with Crippen molar-refractivity contribution in [1.82, 2.24) is 19.2 Å². The van der Waals surface area contributed by atoms with Crippen molar-refractivity contribution < 1.29 is 18.3 Å². The molecule has 2 atom stereocenters. The SMILES string of the molecule is CN(C)S(=O)(=O)C[C@@H]1CN(C(=O)c2cnccn2)C[C@@H]1O. The van der Waals surface area contributed by atoms with Gasteiger partial charge in [-0.2, -0.15) is 0 Å². The van der Waals surface area contributed by atoms with Gasteiger partial charge in [0.05, 0.1) is 18.1 Å². The molecule has 1 amide bonds. The third kappa shape index (κ3) is 3.55. The van der Waals surface area contributed by atoms with Crippen LogP contribution in [0.1, 0.15) is 10.5 Å². The minimum atomic E-state index is -3.42. The van der Waals surface area contributed by atoms with Crippen LogP contribution >= 0.6 is 0 Å². The second kappa shape index (κ2) is 6.04. The topological polar surface area (TPSA) is 104 Å². The van der Waals surface area contributed by atoms with Crippen molar-refractivity contribution in [3.05, 3.63) is 24.3 Å². The zero-order valence-electron chi connectivity index (χ0n) is 11.9. The summed E-state index contributed by atoms with van der Waals surface area (Å²) in [6.45, 7) is 0.284. The van der Waals surface area contributed by atoms with Gasteiger partial charge >= 0.3 is 0 Å². The van der Waals surface area contributed by atoms with Crippen molar-refractivity contribution >= 4 is 15.9 Å². The summed E-state index contributed by atoms with van der Waals surface area (Å²) < 4.78 is 24.9. The number of aliphatic hydroxyl groups excluding tert-OH is 1. The summed E-state index contributed by atoms with van der Waals surface area (Å²) in [5.74, 6) is -1.05. The van der Waals surface area contributed by atoms with Gasteiger partial charge in [-0.05, 0) is 0 Å². The molecule has 9 heteroatoms. The van der Waals surface area contributed by atoms with Gasteiger partial charge in [-0.25, -0.2) is 17.7 Å². The first kappa shape index (κ1) is 15.8. The van der Waals surface area contributed by atoms with E-state index >= 15 is 0 Å². The number of carbonyl (C=O) groups excluding carboxylic acids is 1. The number of likely N-dealkylation sites (tertiary alicyclic amines) is 1. The molecule has 1 aromatic rings. The average Bonchev–Trinajstić information content (AvgIpc) is 2.79. The molecule has 0 unspecified atom stereocenters. The Balaban J connectivity index is 2.06. The van der Waals surface area contributed by atoms with Crippen molar-refractivity contribution in [3.63, 3.8) is 0 Å². The van der Waals surface area contributed by atoms with Gasteiger partial charge in [0, 0.05) is 45.5 Å². The number of rotatable bonds is 4. The molecule has 0 saturated carbocycles. The summed E-state index contributed by atoms with van der Waals surface area (Å²) in [5.41, 5.74) is 0.181. The predicted molar refractivity (Wildman–Crippen MR) is 74.9 cm³/mol. The normalized spacial score (nSPS) is 22.8. The molecule has 0 aromatic carbocycles. The molecular formula is C12H18N4O4S. The van der Waals surface area contributed by atoms with Crippen LogP contribution in [0.2, 0.25) is 0 Å². The highest BCUT2D eigenvalue weighted by molar-refractivity contribution is 7.89. The van der Waals surface area contributed by atoms with E-state index in [4.69, 9.17) is 0 Å². The van der Waals surface area contributed by atoms with Crippen LogP contribution in [0.3, 0.4) is 0 Å². The Hall–Kier alpha value is -1.58. The number of sulfonamides is 1. The summed E-state index contributed by atoms with van der Waals surface area (Å²) >= 11 is 0. The van der Waals surface area contributed by atoms with Crippen LogP contribution in [0.25, 0.3) is 0 Å². The number of carbonyl (C=O) groups is 1. The van der Waals surface area contributed by atoms with Crippen LogP contribution in [0, 0.1) is 5.92 Å². The maximum Gasteiger partial charge on any atom is 0.274 e. The van der Waals surface area contributed by atoms with E-state index in [2.05, 4.69) is 9.97 Å². The Morgan fingerprint density at radius 2 is 2.14 bits per heavy atom. The predicted octanol–water partition coefficient (Wildman–Crippen LogP) is -1.20. The van der Waals surface area contributed by atoms with Gasteiger partial charge in [0.1, 0.15) is 5.69 Å². The quantitative estimate of drug-likeness (QED) is 0.749. The second-order valence-corrected chi connectivity index (χ2v) is 7.42. The molecule has 0 bridgehead atoms. The molecule has 2 heterocycles. The summed E-state index contributed by atoms with van der Waals surface area (Å²) in [6.07, 6.45) is 3.36. The van der Waals surface area contributed by atoms with Crippen LogP contribution in [0.15, 0.2) is 18.6 Å². The Labute approximate surface area is 123 Å². The molecule has 21 heavy (non-hydrogen) atoms. The van der Waals surface area contributed by atoms with Crippen molar-refractivity contribution in [3.8, 4) is 0 Å². The molecule has 1 aliphatic rings. The van der Waals surface area contributed by atoms with Gasteiger partial charge in [0.2, 0.25) is 10.0 Å². The van der Waals surface area contributed by atoms with Crippen LogP contribution < -0.4 is 0 Å². The van der Waals surface area contributed by atoms with Crippen molar-refractivity contribution in [2.24, 2.45) is 5.92 Å². The molecule has 116 valence electrons. The highest BCUT2D eigenvalue weighted by Gasteiger charge is 2.37. The van der Waals surface area contributed by atoms with E-state index in [1.165, 1.54) is 37.6 Å². The van der Waals surface area contributed by atoms with Gasteiger partial charge in [0.25, 0.3) is 5.91 Å². The van der Waals surface area contributed by atoms with Crippen molar-refractivity contribution in [2.45, 2.75) is 6.10 Å². The number of nitrogens with zero attached hydrogens (tertiary/aromatic N) is 4. The number of aliphatic hydroxyl groups is 1. The smallest absolute Gasteiger partial charge is 0.274 e. The minimum absolute atomic E-state index is 0.100. The molecule has 8 nitrogen and oxygen atoms in total. The lowest BCUT2D eigenvalue weighted by Gasteiger charge is -2.17. The van der Waals surface area contributed by atoms with Crippen molar-refractivity contribution in [2.75, 3.05) is 32.9 Å². The van der Waals surface area contributed by atoms with Gasteiger partial charge in [-0.1, -0.05) is 0 Å². The second-order valence-electron chi connectivity index (χ2n) is 5.19. The molecule has 1 saturated heterocycles. The van der Waals surface area contributed by atoms with Crippen LogP contribution in [0.5, 0.6) is 0 Å². The fourth-order valence-corrected chi connectivity index (χ4v) is 3.34. The average molecular weight is 314 g/mol. The zero-order valence-corrected chi connectivity index (χ0v) is 12.7. The van der Waals surface area contributed by atoms with Gasteiger partial charge in [-0.15, -0.1) is 0 Å². The number of hydrogen-bond acceptors (Lipinski definition) is 6. The molecule has 0 aliphatic carbocycles. The highest BCUT2D eigenvalue weighted by atomic mass is 32.2. The number of hydrogen-bond donors (Lipinski definition) is 1. The molecule has 1 N–H and O–H groups in total. The molecule has 1 aromatic heterocycles.